The zero-order chi connectivity index (χ0) is 15.2. The summed E-state index contributed by atoms with van der Waals surface area (Å²) in [4.78, 5) is 0. The summed E-state index contributed by atoms with van der Waals surface area (Å²) >= 11 is 0. The molecule has 0 radical (unpaired) electrons. The Hall–Kier alpha value is -1.87. The Balaban J connectivity index is 2.31. The Morgan fingerprint density at radius 3 is 2.29 bits per heavy atom. The Bertz CT molecular complexity index is 580. The second-order valence-corrected chi connectivity index (χ2v) is 5.00. The summed E-state index contributed by atoms with van der Waals surface area (Å²) in [5, 5.41) is 3.41. The minimum Gasteiger partial charge on any atom is -0.494 e. The summed E-state index contributed by atoms with van der Waals surface area (Å²) in [6.07, 6.45) is 0. The first kappa shape index (κ1) is 15.5. The second kappa shape index (κ2) is 7.23. The molecule has 0 heterocycles. The van der Waals surface area contributed by atoms with E-state index in [9.17, 15) is 4.39 Å². The van der Waals surface area contributed by atoms with E-state index >= 15 is 0 Å². The minimum atomic E-state index is -0.165. The summed E-state index contributed by atoms with van der Waals surface area (Å²) in [6.45, 7) is 7.25. The summed E-state index contributed by atoms with van der Waals surface area (Å²) in [7, 11) is 0. The largest absolute Gasteiger partial charge is 0.494 e. The number of nitrogens with one attached hydrogen (secondary N) is 1. The molecule has 2 aromatic carbocycles. The molecule has 112 valence electrons. The van der Waals surface area contributed by atoms with E-state index in [1.807, 2.05) is 50.2 Å². The van der Waals surface area contributed by atoms with E-state index in [-0.39, 0.29) is 11.9 Å². The van der Waals surface area contributed by atoms with Gasteiger partial charge in [0.1, 0.15) is 11.6 Å². The molecule has 0 aliphatic carbocycles. The van der Waals surface area contributed by atoms with Gasteiger partial charge in [-0.3, -0.25) is 0 Å². The average molecular weight is 287 g/mol. The first-order valence-corrected chi connectivity index (χ1v) is 7.37. The molecule has 2 aromatic rings. The monoisotopic (exact) mass is 287 g/mol. The van der Waals surface area contributed by atoms with Crippen molar-refractivity contribution < 1.29 is 9.13 Å². The fourth-order valence-corrected chi connectivity index (χ4v) is 2.34. The van der Waals surface area contributed by atoms with Crippen molar-refractivity contribution in [3.63, 3.8) is 0 Å². The van der Waals surface area contributed by atoms with Crippen LogP contribution in [0.5, 0.6) is 5.75 Å². The molecule has 1 atom stereocenters. The van der Waals surface area contributed by atoms with Gasteiger partial charge in [0.15, 0.2) is 0 Å². The molecule has 1 N–H and O–H groups in total. The van der Waals surface area contributed by atoms with Crippen molar-refractivity contribution in [1.29, 1.82) is 0 Å². The highest BCUT2D eigenvalue weighted by Gasteiger charge is 2.14. The third-order valence-corrected chi connectivity index (χ3v) is 3.46. The Morgan fingerprint density at radius 1 is 1.05 bits per heavy atom. The van der Waals surface area contributed by atoms with Gasteiger partial charge in [-0.1, -0.05) is 31.2 Å². The predicted molar refractivity (Wildman–Crippen MR) is 84.3 cm³/mol. The fourth-order valence-electron chi connectivity index (χ4n) is 2.34. The molecule has 0 saturated heterocycles. The number of aryl methyl sites for hydroxylation is 1. The van der Waals surface area contributed by atoms with Crippen LogP contribution in [0.3, 0.4) is 0 Å². The maximum Gasteiger partial charge on any atom is 0.126 e. The molecule has 3 heteroatoms. The van der Waals surface area contributed by atoms with Crippen LogP contribution in [0.4, 0.5) is 4.39 Å². The van der Waals surface area contributed by atoms with E-state index < -0.39 is 0 Å². The van der Waals surface area contributed by atoms with Crippen molar-refractivity contribution in [2.24, 2.45) is 0 Å². The van der Waals surface area contributed by atoms with Crippen LogP contribution in [0.15, 0.2) is 42.5 Å². The summed E-state index contributed by atoms with van der Waals surface area (Å²) < 4.78 is 19.3. The summed E-state index contributed by atoms with van der Waals surface area (Å²) in [6, 6.07) is 13.3. The van der Waals surface area contributed by atoms with Crippen LogP contribution in [0.2, 0.25) is 0 Å². The quantitative estimate of drug-likeness (QED) is 0.858. The van der Waals surface area contributed by atoms with Crippen LogP contribution >= 0.6 is 0 Å². The lowest BCUT2D eigenvalue weighted by Crippen LogP contribution is -2.22. The maximum atomic E-state index is 13.8. The number of halogens is 1. The lowest BCUT2D eigenvalue weighted by atomic mass is 9.97. The lowest BCUT2D eigenvalue weighted by Gasteiger charge is -2.20. The molecular formula is C18H22FNO. The van der Waals surface area contributed by atoms with E-state index in [4.69, 9.17) is 4.74 Å². The highest BCUT2D eigenvalue weighted by Crippen LogP contribution is 2.25. The van der Waals surface area contributed by atoms with Gasteiger partial charge in [-0.15, -0.1) is 0 Å². The number of hydrogen-bond acceptors (Lipinski definition) is 2. The predicted octanol–water partition coefficient (Wildman–Crippen LogP) is 4.23. The third kappa shape index (κ3) is 3.82. The first-order chi connectivity index (χ1) is 10.2. The van der Waals surface area contributed by atoms with Crippen LogP contribution in [-0.4, -0.2) is 13.2 Å². The van der Waals surface area contributed by atoms with Gasteiger partial charge in [0.05, 0.1) is 12.6 Å². The van der Waals surface area contributed by atoms with Crippen molar-refractivity contribution >= 4 is 0 Å². The minimum absolute atomic E-state index is 0.0132. The average Bonchev–Trinajstić information content (AvgIpc) is 2.49. The normalized spacial score (nSPS) is 12.2. The molecule has 2 nitrogen and oxygen atoms in total. The van der Waals surface area contributed by atoms with E-state index in [0.29, 0.717) is 12.2 Å². The van der Waals surface area contributed by atoms with Gasteiger partial charge in [0.25, 0.3) is 0 Å². The first-order valence-electron chi connectivity index (χ1n) is 7.37. The fraction of sp³-hybridized carbons (Fsp3) is 0.333. The van der Waals surface area contributed by atoms with E-state index in [0.717, 1.165) is 23.4 Å². The van der Waals surface area contributed by atoms with Crippen molar-refractivity contribution in [3.05, 3.63) is 65.0 Å². The van der Waals surface area contributed by atoms with Crippen LogP contribution < -0.4 is 10.1 Å². The molecule has 0 saturated carbocycles. The van der Waals surface area contributed by atoms with E-state index in [1.54, 1.807) is 13.0 Å². The molecular weight excluding hydrogens is 265 g/mol. The molecule has 2 rings (SSSR count). The Labute approximate surface area is 126 Å². The topological polar surface area (TPSA) is 21.3 Å². The summed E-state index contributed by atoms with van der Waals surface area (Å²) in [5.74, 6) is 0.688. The standard InChI is InChI=1S/C18H22FNO/c1-4-20-18(15-7-6-13(3)17(19)12-15)14-8-10-16(11-9-14)21-5-2/h6-12,18,20H,4-5H2,1-3H3. The number of rotatable bonds is 6. The van der Waals surface area contributed by atoms with Gasteiger partial charge in [-0.25, -0.2) is 4.39 Å². The van der Waals surface area contributed by atoms with Crippen LogP contribution in [0.25, 0.3) is 0 Å². The molecule has 0 aliphatic heterocycles. The highest BCUT2D eigenvalue weighted by molar-refractivity contribution is 5.36. The third-order valence-electron chi connectivity index (χ3n) is 3.46. The summed E-state index contributed by atoms with van der Waals surface area (Å²) in [5.41, 5.74) is 2.70. The van der Waals surface area contributed by atoms with Crippen molar-refractivity contribution in [2.75, 3.05) is 13.2 Å². The van der Waals surface area contributed by atoms with Gasteiger partial charge in [0.2, 0.25) is 0 Å². The smallest absolute Gasteiger partial charge is 0.126 e. The lowest BCUT2D eigenvalue weighted by molar-refractivity contribution is 0.340. The maximum absolute atomic E-state index is 13.8. The zero-order valence-electron chi connectivity index (χ0n) is 12.8. The number of ether oxygens (including phenoxy) is 1. The molecule has 0 bridgehead atoms. The van der Waals surface area contributed by atoms with Crippen molar-refractivity contribution in [1.82, 2.24) is 5.32 Å². The van der Waals surface area contributed by atoms with Crippen molar-refractivity contribution in [2.45, 2.75) is 26.8 Å². The van der Waals surface area contributed by atoms with Gasteiger partial charge < -0.3 is 10.1 Å². The molecule has 1 unspecified atom stereocenters. The van der Waals surface area contributed by atoms with Crippen LogP contribution in [0.1, 0.15) is 36.6 Å². The number of benzene rings is 2. The molecule has 0 aromatic heterocycles. The zero-order valence-corrected chi connectivity index (χ0v) is 12.8. The number of hydrogen-bond donors (Lipinski definition) is 1. The molecule has 21 heavy (non-hydrogen) atoms. The van der Waals surface area contributed by atoms with Gasteiger partial charge in [-0.2, -0.15) is 0 Å². The van der Waals surface area contributed by atoms with Crippen molar-refractivity contribution in [3.8, 4) is 5.75 Å². The van der Waals surface area contributed by atoms with Crippen LogP contribution in [-0.2, 0) is 0 Å². The second-order valence-electron chi connectivity index (χ2n) is 5.00. The van der Waals surface area contributed by atoms with Gasteiger partial charge in [-0.05, 0) is 55.3 Å². The SMILES string of the molecule is CCNC(c1ccc(OCC)cc1)c1ccc(C)c(F)c1. The van der Waals surface area contributed by atoms with Gasteiger partial charge >= 0.3 is 0 Å². The Kier molecular flexibility index (Phi) is 5.34. The Morgan fingerprint density at radius 2 is 1.71 bits per heavy atom. The van der Waals surface area contributed by atoms with E-state index in [2.05, 4.69) is 5.32 Å². The molecule has 0 spiro atoms. The molecule has 0 fully saturated rings. The van der Waals surface area contributed by atoms with Crippen LogP contribution in [0, 0.1) is 12.7 Å². The highest BCUT2D eigenvalue weighted by atomic mass is 19.1. The molecule has 0 amide bonds. The van der Waals surface area contributed by atoms with E-state index in [1.165, 1.54) is 0 Å². The van der Waals surface area contributed by atoms with Gasteiger partial charge in [0, 0.05) is 0 Å². The molecule has 0 aliphatic rings.